The Hall–Kier alpha value is -2.10. The third kappa shape index (κ3) is 4.53. The van der Waals surface area contributed by atoms with Crippen LogP contribution in [0.3, 0.4) is 0 Å². The molecule has 20 heavy (non-hydrogen) atoms. The zero-order valence-electron chi connectivity index (χ0n) is 12.0. The number of hydrogen-bond acceptors (Lipinski definition) is 2. The van der Waals surface area contributed by atoms with Gasteiger partial charge >= 0.3 is 0 Å². The molecule has 0 saturated carbocycles. The molecular weight excluding hydrogens is 250 g/mol. The normalized spacial score (nSPS) is 10.8. The number of carbonyl (C=O) groups is 1. The Bertz CT molecular complexity index is 529. The lowest BCUT2D eigenvalue weighted by molar-refractivity contribution is -0.116. The fourth-order valence-electron chi connectivity index (χ4n) is 1.92. The summed E-state index contributed by atoms with van der Waals surface area (Å²) in [6, 6.07) is 9.81. The number of aromatic nitrogens is 2. The smallest absolute Gasteiger partial charge is 0.224 e. The summed E-state index contributed by atoms with van der Waals surface area (Å²) in [5.74, 6) is 0.635. The summed E-state index contributed by atoms with van der Waals surface area (Å²) in [6.45, 7) is 4.99. The van der Waals surface area contributed by atoms with Gasteiger partial charge in [-0.3, -0.25) is 9.48 Å². The van der Waals surface area contributed by atoms with Crippen molar-refractivity contribution in [3.8, 4) is 0 Å². The van der Waals surface area contributed by atoms with E-state index in [9.17, 15) is 4.79 Å². The molecule has 0 aliphatic rings. The molecule has 0 radical (unpaired) electrons. The van der Waals surface area contributed by atoms with Crippen LogP contribution in [0.2, 0.25) is 0 Å². The van der Waals surface area contributed by atoms with Gasteiger partial charge in [-0.1, -0.05) is 26.0 Å². The largest absolute Gasteiger partial charge is 0.326 e. The van der Waals surface area contributed by atoms with Gasteiger partial charge in [-0.15, -0.1) is 0 Å². The zero-order valence-corrected chi connectivity index (χ0v) is 12.0. The second-order valence-corrected chi connectivity index (χ2v) is 5.38. The molecule has 0 unspecified atom stereocenters. The highest BCUT2D eigenvalue weighted by Gasteiger charge is 2.04. The summed E-state index contributed by atoms with van der Waals surface area (Å²) >= 11 is 0. The molecule has 1 amide bonds. The first kappa shape index (κ1) is 14.3. The van der Waals surface area contributed by atoms with Crippen molar-refractivity contribution >= 4 is 11.6 Å². The van der Waals surface area contributed by atoms with Gasteiger partial charge in [-0.2, -0.15) is 5.10 Å². The number of nitrogens with zero attached hydrogens (tertiary/aromatic N) is 2. The molecule has 4 nitrogen and oxygen atoms in total. The van der Waals surface area contributed by atoms with Crippen molar-refractivity contribution in [1.29, 1.82) is 0 Å². The Balaban J connectivity index is 1.86. The third-order valence-electron chi connectivity index (χ3n) is 3.09. The molecule has 1 N–H and O–H groups in total. The highest BCUT2D eigenvalue weighted by Crippen LogP contribution is 2.12. The van der Waals surface area contributed by atoms with Crippen LogP contribution in [0.1, 0.15) is 32.3 Å². The van der Waals surface area contributed by atoms with E-state index in [0.717, 1.165) is 24.2 Å². The molecular formula is C16H21N3O. The molecule has 1 heterocycles. The van der Waals surface area contributed by atoms with Gasteiger partial charge in [-0.25, -0.2) is 0 Å². The zero-order chi connectivity index (χ0) is 14.4. The Labute approximate surface area is 119 Å². The van der Waals surface area contributed by atoms with Gasteiger partial charge in [0.05, 0.1) is 6.54 Å². The summed E-state index contributed by atoms with van der Waals surface area (Å²) in [7, 11) is 0. The summed E-state index contributed by atoms with van der Waals surface area (Å²) in [5.41, 5.74) is 2.01. The quantitative estimate of drug-likeness (QED) is 0.876. The monoisotopic (exact) mass is 271 g/mol. The van der Waals surface area contributed by atoms with Gasteiger partial charge in [0, 0.05) is 24.5 Å². The molecule has 4 heteroatoms. The van der Waals surface area contributed by atoms with Crippen LogP contribution >= 0.6 is 0 Å². The Kier molecular flexibility index (Phi) is 4.93. The second kappa shape index (κ2) is 6.89. The van der Waals surface area contributed by atoms with Gasteiger partial charge in [0.15, 0.2) is 0 Å². The first-order chi connectivity index (χ1) is 9.63. The fourth-order valence-corrected chi connectivity index (χ4v) is 1.92. The summed E-state index contributed by atoms with van der Waals surface area (Å²) in [5, 5.41) is 7.09. The fraction of sp³-hybridized carbons (Fsp3) is 0.375. The van der Waals surface area contributed by atoms with Gasteiger partial charge in [0.25, 0.3) is 0 Å². The SMILES string of the molecule is CC(C)CCC(=O)Nc1ccc(Cn2cccn2)cc1. The van der Waals surface area contributed by atoms with E-state index >= 15 is 0 Å². The molecule has 0 saturated heterocycles. The van der Waals surface area contributed by atoms with Crippen molar-refractivity contribution < 1.29 is 4.79 Å². The predicted octanol–water partition coefficient (Wildman–Crippen LogP) is 3.31. The minimum absolute atomic E-state index is 0.0820. The lowest BCUT2D eigenvalue weighted by Crippen LogP contribution is -2.12. The Morgan fingerprint density at radius 3 is 2.65 bits per heavy atom. The van der Waals surface area contributed by atoms with E-state index in [1.54, 1.807) is 6.20 Å². The number of hydrogen-bond donors (Lipinski definition) is 1. The van der Waals surface area contributed by atoms with Gasteiger partial charge in [0.2, 0.25) is 5.91 Å². The first-order valence-corrected chi connectivity index (χ1v) is 6.99. The first-order valence-electron chi connectivity index (χ1n) is 6.99. The maximum Gasteiger partial charge on any atom is 0.224 e. The van der Waals surface area contributed by atoms with E-state index in [1.807, 2.05) is 41.2 Å². The molecule has 0 atom stereocenters. The van der Waals surface area contributed by atoms with Crippen LogP contribution < -0.4 is 5.32 Å². The van der Waals surface area contributed by atoms with E-state index in [-0.39, 0.29) is 5.91 Å². The number of anilines is 1. The van der Waals surface area contributed by atoms with Crippen LogP contribution in [-0.2, 0) is 11.3 Å². The predicted molar refractivity (Wildman–Crippen MR) is 80.5 cm³/mol. The minimum atomic E-state index is 0.0820. The van der Waals surface area contributed by atoms with Crippen molar-refractivity contribution in [3.05, 3.63) is 48.3 Å². The summed E-state index contributed by atoms with van der Waals surface area (Å²) in [4.78, 5) is 11.7. The highest BCUT2D eigenvalue weighted by atomic mass is 16.1. The van der Waals surface area contributed by atoms with E-state index in [2.05, 4.69) is 24.3 Å². The number of rotatable bonds is 6. The molecule has 0 aliphatic heterocycles. The Morgan fingerprint density at radius 2 is 2.05 bits per heavy atom. The van der Waals surface area contributed by atoms with Crippen LogP contribution in [0.15, 0.2) is 42.7 Å². The number of amides is 1. The van der Waals surface area contributed by atoms with Crippen molar-refractivity contribution in [3.63, 3.8) is 0 Å². The van der Waals surface area contributed by atoms with Crippen LogP contribution in [0.4, 0.5) is 5.69 Å². The van der Waals surface area contributed by atoms with Gasteiger partial charge in [-0.05, 0) is 36.1 Å². The summed E-state index contributed by atoms with van der Waals surface area (Å²) < 4.78 is 1.87. The molecule has 2 aromatic rings. The average Bonchev–Trinajstić information content (AvgIpc) is 2.92. The highest BCUT2D eigenvalue weighted by molar-refractivity contribution is 5.90. The van der Waals surface area contributed by atoms with E-state index in [0.29, 0.717) is 12.3 Å². The maximum absolute atomic E-state index is 11.7. The summed E-state index contributed by atoms with van der Waals surface area (Å²) in [6.07, 6.45) is 5.20. The maximum atomic E-state index is 11.7. The average molecular weight is 271 g/mol. The Morgan fingerprint density at radius 1 is 1.30 bits per heavy atom. The van der Waals surface area contributed by atoms with Gasteiger partial charge in [0.1, 0.15) is 0 Å². The topological polar surface area (TPSA) is 46.9 Å². The van der Waals surface area contributed by atoms with E-state index < -0.39 is 0 Å². The van der Waals surface area contributed by atoms with Crippen molar-refractivity contribution in [2.24, 2.45) is 5.92 Å². The second-order valence-electron chi connectivity index (χ2n) is 5.38. The van der Waals surface area contributed by atoms with Gasteiger partial charge < -0.3 is 5.32 Å². The van der Waals surface area contributed by atoms with Crippen LogP contribution in [0, 0.1) is 5.92 Å². The molecule has 1 aromatic heterocycles. The van der Waals surface area contributed by atoms with Crippen LogP contribution in [0.5, 0.6) is 0 Å². The lowest BCUT2D eigenvalue weighted by Gasteiger charge is -2.08. The van der Waals surface area contributed by atoms with Crippen LogP contribution in [-0.4, -0.2) is 15.7 Å². The van der Waals surface area contributed by atoms with E-state index in [1.165, 1.54) is 0 Å². The molecule has 2 rings (SSSR count). The number of carbonyl (C=O) groups excluding carboxylic acids is 1. The van der Waals surface area contributed by atoms with E-state index in [4.69, 9.17) is 0 Å². The molecule has 106 valence electrons. The van der Waals surface area contributed by atoms with Crippen LogP contribution in [0.25, 0.3) is 0 Å². The third-order valence-corrected chi connectivity index (χ3v) is 3.09. The number of benzene rings is 1. The lowest BCUT2D eigenvalue weighted by atomic mass is 10.1. The molecule has 0 aliphatic carbocycles. The molecule has 0 spiro atoms. The molecule has 0 bridgehead atoms. The van der Waals surface area contributed by atoms with Crippen molar-refractivity contribution in [2.45, 2.75) is 33.2 Å². The van der Waals surface area contributed by atoms with Crippen molar-refractivity contribution in [1.82, 2.24) is 9.78 Å². The number of nitrogens with one attached hydrogen (secondary N) is 1. The molecule has 0 fully saturated rings. The molecule has 1 aromatic carbocycles. The standard InChI is InChI=1S/C16H21N3O/c1-13(2)4-9-16(20)18-15-7-5-14(6-8-15)12-19-11-3-10-17-19/h3,5-8,10-11,13H,4,9,12H2,1-2H3,(H,18,20). The van der Waals surface area contributed by atoms with Crippen molar-refractivity contribution in [2.75, 3.05) is 5.32 Å². The minimum Gasteiger partial charge on any atom is -0.326 e.